The number of carbonyl (C=O) groups excluding carboxylic acids is 1. The molecule has 1 N–H and O–H groups in total. The van der Waals surface area contributed by atoms with Crippen molar-refractivity contribution >= 4 is 12.0 Å². The molecule has 1 heterocycles. The summed E-state index contributed by atoms with van der Waals surface area (Å²) < 4.78 is 0. The lowest BCUT2D eigenvalue weighted by atomic mass is 10.1. The van der Waals surface area contributed by atoms with Gasteiger partial charge in [-0.05, 0) is 29.2 Å². The zero-order valence-electron chi connectivity index (χ0n) is 12.1. The largest absolute Gasteiger partial charge is 0.478 e. The van der Waals surface area contributed by atoms with Gasteiger partial charge in [0.15, 0.2) is 0 Å². The molecule has 1 aliphatic rings. The Labute approximate surface area is 118 Å². The molecule has 5 heteroatoms. The molecular formula is C15H20N2O3. The van der Waals surface area contributed by atoms with Crippen LogP contribution in [0.1, 0.15) is 35.3 Å². The molecule has 0 saturated heterocycles. The molecule has 0 unspecified atom stereocenters. The highest BCUT2D eigenvalue weighted by molar-refractivity contribution is 5.88. The molecule has 5 nitrogen and oxygen atoms in total. The molecule has 1 aromatic carbocycles. The summed E-state index contributed by atoms with van der Waals surface area (Å²) >= 11 is 0. The number of fused-ring (bicyclic) bond motifs is 1. The van der Waals surface area contributed by atoms with Gasteiger partial charge in [0, 0.05) is 26.7 Å². The Bertz CT molecular complexity index is 540. The third-order valence-electron chi connectivity index (χ3n) is 3.41. The lowest BCUT2D eigenvalue weighted by Gasteiger charge is -2.25. The number of benzene rings is 1. The van der Waals surface area contributed by atoms with Gasteiger partial charge in [0.25, 0.3) is 0 Å². The van der Waals surface area contributed by atoms with E-state index in [1.165, 1.54) is 0 Å². The number of rotatable bonds is 3. The second kappa shape index (κ2) is 5.53. The van der Waals surface area contributed by atoms with Crippen LogP contribution in [0.2, 0.25) is 0 Å². The van der Waals surface area contributed by atoms with Crippen LogP contribution in [0.25, 0.3) is 0 Å². The maximum atomic E-state index is 12.3. The fourth-order valence-electron chi connectivity index (χ4n) is 2.53. The topological polar surface area (TPSA) is 60.9 Å². The highest BCUT2D eigenvalue weighted by atomic mass is 16.4. The number of carbonyl (C=O) groups is 2. The van der Waals surface area contributed by atoms with Gasteiger partial charge < -0.3 is 14.9 Å². The van der Waals surface area contributed by atoms with Crippen molar-refractivity contribution in [1.82, 2.24) is 9.80 Å². The van der Waals surface area contributed by atoms with E-state index < -0.39 is 5.97 Å². The maximum Gasteiger partial charge on any atom is 0.335 e. The van der Waals surface area contributed by atoms with Crippen LogP contribution in [0.4, 0.5) is 4.79 Å². The van der Waals surface area contributed by atoms with E-state index in [1.807, 2.05) is 0 Å². The molecule has 0 atom stereocenters. The third-order valence-corrected chi connectivity index (χ3v) is 3.41. The number of amides is 2. The van der Waals surface area contributed by atoms with Crippen molar-refractivity contribution in [2.45, 2.75) is 26.9 Å². The normalized spacial score (nSPS) is 13.5. The molecule has 2 rings (SSSR count). The average molecular weight is 276 g/mol. The van der Waals surface area contributed by atoms with Crippen molar-refractivity contribution in [3.8, 4) is 0 Å². The molecule has 0 aromatic heterocycles. The quantitative estimate of drug-likeness (QED) is 0.922. The predicted molar refractivity (Wildman–Crippen MR) is 75.5 cm³/mol. The standard InChI is InChI=1S/C15H20N2O3/c1-10(2)7-16(3)15(20)17-8-12-5-4-11(14(18)19)6-13(12)9-17/h4-6,10H,7-9H2,1-3H3,(H,18,19). The number of carboxylic acid groups (broad SMARTS) is 1. The molecule has 1 aromatic rings. The first-order chi connectivity index (χ1) is 9.38. The zero-order chi connectivity index (χ0) is 14.9. The summed E-state index contributed by atoms with van der Waals surface area (Å²) in [6.45, 7) is 5.89. The predicted octanol–water partition coefficient (Wildman–Crippen LogP) is 2.41. The van der Waals surface area contributed by atoms with E-state index in [0.717, 1.165) is 11.1 Å². The molecule has 0 aliphatic carbocycles. The van der Waals surface area contributed by atoms with E-state index in [-0.39, 0.29) is 11.6 Å². The number of aromatic carboxylic acids is 1. The van der Waals surface area contributed by atoms with E-state index in [1.54, 1.807) is 35.0 Å². The lowest BCUT2D eigenvalue weighted by Crippen LogP contribution is -2.39. The molecule has 2 amide bonds. The summed E-state index contributed by atoms with van der Waals surface area (Å²) in [6.07, 6.45) is 0. The summed E-state index contributed by atoms with van der Waals surface area (Å²) in [5, 5.41) is 8.99. The van der Waals surface area contributed by atoms with Crippen LogP contribution in [0.5, 0.6) is 0 Å². The van der Waals surface area contributed by atoms with E-state index in [2.05, 4.69) is 13.8 Å². The van der Waals surface area contributed by atoms with Crippen LogP contribution < -0.4 is 0 Å². The van der Waals surface area contributed by atoms with Crippen molar-refractivity contribution in [3.63, 3.8) is 0 Å². The van der Waals surface area contributed by atoms with E-state index in [4.69, 9.17) is 5.11 Å². The summed E-state index contributed by atoms with van der Waals surface area (Å²) in [7, 11) is 1.80. The van der Waals surface area contributed by atoms with Crippen molar-refractivity contribution in [1.29, 1.82) is 0 Å². The van der Waals surface area contributed by atoms with Crippen LogP contribution in [0, 0.1) is 5.92 Å². The van der Waals surface area contributed by atoms with E-state index in [9.17, 15) is 9.59 Å². The Kier molecular flexibility index (Phi) is 3.97. The van der Waals surface area contributed by atoms with Crippen LogP contribution in [0.3, 0.4) is 0 Å². The minimum absolute atomic E-state index is 0.00762. The van der Waals surface area contributed by atoms with E-state index in [0.29, 0.717) is 25.6 Å². The molecule has 0 spiro atoms. The van der Waals surface area contributed by atoms with Gasteiger partial charge in [-0.2, -0.15) is 0 Å². The number of urea groups is 1. The molecule has 0 fully saturated rings. The van der Waals surface area contributed by atoms with Gasteiger partial charge >= 0.3 is 12.0 Å². The fraction of sp³-hybridized carbons (Fsp3) is 0.467. The Hall–Kier alpha value is -2.04. The Morgan fingerprint density at radius 1 is 1.30 bits per heavy atom. The van der Waals surface area contributed by atoms with Crippen LogP contribution in [-0.2, 0) is 13.1 Å². The summed E-state index contributed by atoms with van der Waals surface area (Å²) in [5.41, 5.74) is 2.23. The Morgan fingerprint density at radius 2 is 1.95 bits per heavy atom. The molecule has 0 bridgehead atoms. The van der Waals surface area contributed by atoms with Crippen molar-refractivity contribution < 1.29 is 14.7 Å². The molecular weight excluding hydrogens is 256 g/mol. The van der Waals surface area contributed by atoms with E-state index >= 15 is 0 Å². The summed E-state index contributed by atoms with van der Waals surface area (Å²) in [4.78, 5) is 26.7. The minimum atomic E-state index is -0.936. The molecule has 1 aliphatic heterocycles. The molecule has 108 valence electrons. The summed E-state index contributed by atoms with van der Waals surface area (Å²) in [6, 6.07) is 5.04. The zero-order valence-corrected chi connectivity index (χ0v) is 12.1. The number of hydrogen-bond acceptors (Lipinski definition) is 2. The van der Waals surface area contributed by atoms with Gasteiger partial charge in [-0.3, -0.25) is 0 Å². The molecule has 20 heavy (non-hydrogen) atoms. The molecule has 0 radical (unpaired) electrons. The number of carboxylic acids is 1. The van der Waals surface area contributed by atoms with Crippen LogP contribution >= 0.6 is 0 Å². The first-order valence-electron chi connectivity index (χ1n) is 6.73. The van der Waals surface area contributed by atoms with Crippen LogP contribution in [0.15, 0.2) is 18.2 Å². The van der Waals surface area contributed by atoms with Gasteiger partial charge in [-0.25, -0.2) is 9.59 Å². The number of hydrogen-bond donors (Lipinski definition) is 1. The fourth-order valence-corrected chi connectivity index (χ4v) is 2.53. The van der Waals surface area contributed by atoms with Crippen molar-refractivity contribution in [2.24, 2.45) is 5.92 Å². The lowest BCUT2D eigenvalue weighted by molar-refractivity contribution is 0.0696. The van der Waals surface area contributed by atoms with Crippen LogP contribution in [-0.4, -0.2) is 40.5 Å². The molecule has 0 saturated carbocycles. The highest BCUT2D eigenvalue weighted by Gasteiger charge is 2.26. The number of nitrogens with zero attached hydrogens (tertiary/aromatic N) is 2. The smallest absolute Gasteiger partial charge is 0.335 e. The van der Waals surface area contributed by atoms with Gasteiger partial charge in [-0.1, -0.05) is 19.9 Å². The minimum Gasteiger partial charge on any atom is -0.478 e. The third kappa shape index (κ3) is 2.92. The monoisotopic (exact) mass is 276 g/mol. The second-order valence-electron chi connectivity index (χ2n) is 5.70. The van der Waals surface area contributed by atoms with Crippen molar-refractivity contribution in [2.75, 3.05) is 13.6 Å². The maximum absolute atomic E-state index is 12.3. The van der Waals surface area contributed by atoms with Gasteiger partial charge in [0.2, 0.25) is 0 Å². The Morgan fingerprint density at radius 3 is 2.55 bits per heavy atom. The highest BCUT2D eigenvalue weighted by Crippen LogP contribution is 2.24. The average Bonchev–Trinajstić information content (AvgIpc) is 2.79. The first-order valence-corrected chi connectivity index (χ1v) is 6.73. The SMILES string of the molecule is CC(C)CN(C)C(=O)N1Cc2ccc(C(=O)O)cc2C1. The van der Waals surface area contributed by atoms with Gasteiger partial charge in [0.05, 0.1) is 5.56 Å². The van der Waals surface area contributed by atoms with Gasteiger partial charge in [0.1, 0.15) is 0 Å². The van der Waals surface area contributed by atoms with Crippen molar-refractivity contribution in [3.05, 3.63) is 34.9 Å². The summed E-state index contributed by atoms with van der Waals surface area (Å²) in [5.74, 6) is -0.512. The van der Waals surface area contributed by atoms with Gasteiger partial charge in [-0.15, -0.1) is 0 Å². The second-order valence-corrected chi connectivity index (χ2v) is 5.70. The first kappa shape index (κ1) is 14.4. The Balaban J connectivity index is 2.09.